The van der Waals surface area contributed by atoms with Gasteiger partial charge in [-0.05, 0) is 61.7 Å². The number of methoxy groups -OCH3 is 1. The van der Waals surface area contributed by atoms with E-state index in [0.29, 0.717) is 5.56 Å². The van der Waals surface area contributed by atoms with E-state index in [2.05, 4.69) is 36.1 Å². The molecule has 0 unspecified atom stereocenters. The van der Waals surface area contributed by atoms with Crippen LogP contribution in [0.5, 0.6) is 5.75 Å². The second kappa shape index (κ2) is 9.80. The largest absolute Gasteiger partial charge is 0.497 e. The molecule has 0 bridgehead atoms. The molecule has 4 heteroatoms. The maximum Gasteiger partial charge on any atom is 0.258 e. The molecule has 3 aromatic carbocycles. The average Bonchev–Trinajstić information content (AvgIpc) is 2.81. The second-order valence-corrected chi connectivity index (χ2v) is 8.24. The third-order valence-electron chi connectivity index (χ3n) is 6.00. The van der Waals surface area contributed by atoms with Crippen molar-refractivity contribution in [1.29, 1.82) is 0 Å². The van der Waals surface area contributed by atoms with Crippen LogP contribution in [-0.2, 0) is 6.54 Å². The standard InChI is InChI=1S/C27H30N2O2/c1-21-7-6-8-22(19-21)20-28-17-15-25(16-18-28)29(24-9-4-3-5-10-24)27(30)23-11-13-26(31-2)14-12-23/h3-14,19,25H,15-18,20H2,1-2H3. The summed E-state index contributed by atoms with van der Waals surface area (Å²) in [5.41, 5.74) is 4.30. The van der Waals surface area contributed by atoms with Gasteiger partial charge in [-0.1, -0.05) is 48.0 Å². The van der Waals surface area contributed by atoms with E-state index in [4.69, 9.17) is 4.74 Å². The molecule has 0 aliphatic carbocycles. The molecule has 0 N–H and O–H groups in total. The quantitative estimate of drug-likeness (QED) is 0.548. The topological polar surface area (TPSA) is 32.8 Å². The normalized spacial score (nSPS) is 14.9. The number of likely N-dealkylation sites (tertiary alicyclic amines) is 1. The first-order valence-electron chi connectivity index (χ1n) is 10.9. The zero-order chi connectivity index (χ0) is 21.6. The number of amides is 1. The van der Waals surface area contributed by atoms with Gasteiger partial charge in [0.15, 0.2) is 0 Å². The fraction of sp³-hybridized carbons (Fsp3) is 0.296. The van der Waals surface area contributed by atoms with E-state index in [0.717, 1.165) is 43.9 Å². The summed E-state index contributed by atoms with van der Waals surface area (Å²) in [7, 11) is 1.64. The average molecular weight is 415 g/mol. The summed E-state index contributed by atoms with van der Waals surface area (Å²) in [6.07, 6.45) is 1.92. The number of anilines is 1. The number of carbonyl (C=O) groups excluding carboxylic acids is 1. The molecule has 1 aliphatic rings. The van der Waals surface area contributed by atoms with Gasteiger partial charge in [0.1, 0.15) is 5.75 Å². The van der Waals surface area contributed by atoms with E-state index >= 15 is 0 Å². The minimum atomic E-state index is 0.0472. The summed E-state index contributed by atoms with van der Waals surface area (Å²) in [4.78, 5) is 18.0. The van der Waals surface area contributed by atoms with E-state index in [1.54, 1.807) is 7.11 Å². The molecular weight excluding hydrogens is 384 g/mol. The van der Waals surface area contributed by atoms with Gasteiger partial charge in [-0.25, -0.2) is 0 Å². The van der Waals surface area contributed by atoms with Crippen molar-refractivity contribution in [3.05, 3.63) is 95.6 Å². The number of hydrogen-bond donors (Lipinski definition) is 0. The first-order valence-corrected chi connectivity index (χ1v) is 10.9. The molecule has 4 nitrogen and oxygen atoms in total. The minimum absolute atomic E-state index is 0.0472. The monoisotopic (exact) mass is 414 g/mol. The first kappa shape index (κ1) is 21.1. The number of piperidine rings is 1. The van der Waals surface area contributed by atoms with Crippen LogP contribution >= 0.6 is 0 Å². The molecule has 1 fully saturated rings. The summed E-state index contributed by atoms with van der Waals surface area (Å²) in [6, 6.07) is 26.3. The fourth-order valence-electron chi connectivity index (χ4n) is 4.36. The first-order chi connectivity index (χ1) is 15.1. The molecule has 160 valence electrons. The van der Waals surface area contributed by atoms with Gasteiger partial charge in [0.05, 0.1) is 7.11 Å². The SMILES string of the molecule is COc1ccc(C(=O)N(c2ccccc2)C2CCN(Cc3cccc(C)c3)CC2)cc1. The van der Waals surface area contributed by atoms with Crippen LogP contribution in [0.15, 0.2) is 78.9 Å². The molecule has 1 saturated heterocycles. The van der Waals surface area contributed by atoms with E-state index in [1.807, 2.05) is 59.5 Å². The van der Waals surface area contributed by atoms with Crippen molar-refractivity contribution in [2.75, 3.05) is 25.1 Å². The Morgan fingerprint density at radius 1 is 0.968 bits per heavy atom. The number of benzene rings is 3. The van der Waals surface area contributed by atoms with Crippen LogP contribution in [0, 0.1) is 6.92 Å². The fourth-order valence-corrected chi connectivity index (χ4v) is 4.36. The van der Waals surface area contributed by atoms with Gasteiger partial charge in [0.2, 0.25) is 0 Å². The van der Waals surface area contributed by atoms with Gasteiger partial charge in [0, 0.05) is 36.9 Å². The molecule has 3 aromatic rings. The molecule has 1 aliphatic heterocycles. The van der Waals surface area contributed by atoms with Crippen LogP contribution in [0.25, 0.3) is 0 Å². The maximum absolute atomic E-state index is 13.5. The number of hydrogen-bond acceptors (Lipinski definition) is 3. The van der Waals surface area contributed by atoms with Crippen LogP contribution in [0.4, 0.5) is 5.69 Å². The Kier molecular flexibility index (Phi) is 6.68. The number of para-hydroxylation sites is 1. The zero-order valence-corrected chi connectivity index (χ0v) is 18.3. The molecule has 1 amide bonds. The van der Waals surface area contributed by atoms with E-state index in [1.165, 1.54) is 11.1 Å². The Morgan fingerprint density at radius 3 is 2.32 bits per heavy atom. The summed E-state index contributed by atoms with van der Waals surface area (Å²) in [6.45, 7) is 5.07. The number of carbonyl (C=O) groups is 1. The van der Waals surface area contributed by atoms with Crippen LogP contribution in [0.2, 0.25) is 0 Å². The summed E-state index contributed by atoms with van der Waals surface area (Å²) in [5.74, 6) is 0.804. The van der Waals surface area contributed by atoms with E-state index in [9.17, 15) is 4.79 Å². The number of nitrogens with zero attached hydrogens (tertiary/aromatic N) is 2. The molecule has 31 heavy (non-hydrogen) atoms. The molecule has 0 radical (unpaired) electrons. The highest BCUT2D eigenvalue weighted by Gasteiger charge is 2.29. The lowest BCUT2D eigenvalue weighted by molar-refractivity contribution is 0.0958. The van der Waals surface area contributed by atoms with Crippen molar-refractivity contribution in [2.45, 2.75) is 32.4 Å². The zero-order valence-electron chi connectivity index (χ0n) is 18.3. The lowest BCUT2D eigenvalue weighted by Crippen LogP contribution is -2.47. The molecule has 0 saturated carbocycles. The number of aryl methyl sites for hydroxylation is 1. The van der Waals surface area contributed by atoms with Gasteiger partial charge in [-0.3, -0.25) is 9.69 Å². The van der Waals surface area contributed by atoms with Crippen molar-refractivity contribution < 1.29 is 9.53 Å². The highest BCUT2D eigenvalue weighted by molar-refractivity contribution is 6.06. The smallest absolute Gasteiger partial charge is 0.258 e. The van der Waals surface area contributed by atoms with Crippen molar-refractivity contribution in [1.82, 2.24) is 4.90 Å². The van der Waals surface area contributed by atoms with Crippen molar-refractivity contribution in [3.63, 3.8) is 0 Å². The Balaban J connectivity index is 1.49. The van der Waals surface area contributed by atoms with Crippen molar-refractivity contribution in [3.8, 4) is 5.75 Å². The lowest BCUT2D eigenvalue weighted by Gasteiger charge is -2.38. The molecular formula is C27H30N2O2. The van der Waals surface area contributed by atoms with E-state index < -0.39 is 0 Å². The predicted octanol–water partition coefficient (Wildman–Crippen LogP) is 5.32. The van der Waals surface area contributed by atoms with Crippen molar-refractivity contribution in [2.24, 2.45) is 0 Å². The Morgan fingerprint density at radius 2 is 1.68 bits per heavy atom. The molecule has 1 heterocycles. The Bertz CT molecular complexity index is 993. The summed E-state index contributed by atoms with van der Waals surface area (Å²) >= 11 is 0. The van der Waals surface area contributed by atoms with Gasteiger partial charge in [-0.15, -0.1) is 0 Å². The van der Waals surface area contributed by atoms with Crippen LogP contribution in [-0.4, -0.2) is 37.0 Å². The van der Waals surface area contributed by atoms with Crippen LogP contribution in [0.3, 0.4) is 0 Å². The molecule has 4 rings (SSSR count). The van der Waals surface area contributed by atoms with Gasteiger partial charge < -0.3 is 9.64 Å². The molecule has 0 spiro atoms. The summed E-state index contributed by atoms with van der Waals surface area (Å²) < 4.78 is 5.25. The Labute approximate surface area is 185 Å². The number of rotatable bonds is 6. The lowest BCUT2D eigenvalue weighted by atomic mass is 10.00. The van der Waals surface area contributed by atoms with Crippen LogP contribution in [0.1, 0.15) is 34.3 Å². The highest BCUT2D eigenvalue weighted by Crippen LogP contribution is 2.27. The number of ether oxygens (including phenoxy) is 1. The van der Waals surface area contributed by atoms with Gasteiger partial charge in [-0.2, -0.15) is 0 Å². The third kappa shape index (κ3) is 5.15. The van der Waals surface area contributed by atoms with Gasteiger partial charge in [0.25, 0.3) is 5.91 Å². The van der Waals surface area contributed by atoms with Crippen LogP contribution < -0.4 is 9.64 Å². The second-order valence-electron chi connectivity index (χ2n) is 8.24. The highest BCUT2D eigenvalue weighted by atomic mass is 16.5. The van der Waals surface area contributed by atoms with Gasteiger partial charge >= 0.3 is 0 Å². The van der Waals surface area contributed by atoms with E-state index in [-0.39, 0.29) is 11.9 Å². The maximum atomic E-state index is 13.5. The molecule has 0 aromatic heterocycles. The Hall–Kier alpha value is -3.11. The minimum Gasteiger partial charge on any atom is -0.497 e. The van der Waals surface area contributed by atoms with Crippen molar-refractivity contribution >= 4 is 11.6 Å². The third-order valence-corrected chi connectivity index (χ3v) is 6.00. The predicted molar refractivity (Wildman–Crippen MR) is 126 cm³/mol. The summed E-state index contributed by atoms with van der Waals surface area (Å²) in [5, 5.41) is 0. The molecule has 0 atom stereocenters.